The number of amides is 1. The summed E-state index contributed by atoms with van der Waals surface area (Å²) in [7, 11) is -3.86. The normalized spacial score (nSPS) is 40.7. The molecule has 3 heterocycles. The van der Waals surface area contributed by atoms with Crippen molar-refractivity contribution in [1.82, 2.24) is 4.90 Å². The van der Waals surface area contributed by atoms with Gasteiger partial charge in [0.2, 0.25) is 5.91 Å². The quantitative estimate of drug-likeness (QED) is 0.370. The molecule has 2 unspecified atom stereocenters. The van der Waals surface area contributed by atoms with Crippen molar-refractivity contribution < 1.29 is 27.6 Å². The van der Waals surface area contributed by atoms with Crippen LogP contribution in [0.5, 0.6) is 0 Å². The molecule has 2 fully saturated rings. The number of carbonyl (C=O) groups is 2. The van der Waals surface area contributed by atoms with E-state index in [2.05, 4.69) is 5.16 Å². The third-order valence-corrected chi connectivity index (χ3v) is 7.21. The van der Waals surface area contributed by atoms with Crippen molar-refractivity contribution in [2.45, 2.75) is 60.9 Å². The number of ether oxygens (including phenoxy) is 1. The molecule has 0 aromatic carbocycles. The van der Waals surface area contributed by atoms with Crippen LogP contribution in [0.15, 0.2) is 5.16 Å². The van der Waals surface area contributed by atoms with Crippen LogP contribution in [-0.2, 0) is 29.0 Å². The molecule has 5 atom stereocenters. The van der Waals surface area contributed by atoms with E-state index < -0.39 is 55.0 Å². The molecule has 0 saturated carbocycles. The lowest BCUT2D eigenvalue weighted by molar-refractivity contribution is -0.186. The van der Waals surface area contributed by atoms with E-state index in [0.29, 0.717) is 0 Å². The first kappa shape index (κ1) is 16.5. The maximum Gasteiger partial charge on any atom is 0.333 e. The van der Waals surface area contributed by atoms with Crippen LogP contribution in [0, 0.1) is 0 Å². The summed E-state index contributed by atoms with van der Waals surface area (Å²) >= 11 is 5.89. The number of halogens is 1. The van der Waals surface area contributed by atoms with Crippen LogP contribution >= 0.6 is 11.6 Å². The Morgan fingerprint density at radius 3 is 2.65 bits per heavy atom. The number of alkyl halides is 1. The van der Waals surface area contributed by atoms with Crippen molar-refractivity contribution in [2.75, 3.05) is 0 Å². The van der Waals surface area contributed by atoms with Crippen molar-refractivity contribution in [3.63, 3.8) is 0 Å². The highest BCUT2D eigenvalue weighted by Gasteiger charge is 2.73. The molecule has 0 aromatic heterocycles. The molecule has 23 heavy (non-hydrogen) atoms. The van der Waals surface area contributed by atoms with E-state index in [1.165, 1.54) is 6.92 Å². The van der Waals surface area contributed by atoms with Gasteiger partial charge in [-0.25, -0.2) is 13.2 Å². The van der Waals surface area contributed by atoms with Gasteiger partial charge in [0.15, 0.2) is 26.9 Å². The summed E-state index contributed by atoms with van der Waals surface area (Å²) in [6, 6.07) is -1.23. The molecule has 0 bridgehead atoms. The van der Waals surface area contributed by atoms with Gasteiger partial charge in [-0.2, -0.15) is 0 Å². The summed E-state index contributed by atoms with van der Waals surface area (Å²) in [4.78, 5) is 30.9. The second-order valence-corrected chi connectivity index (χ2v) is 9.65. The third kappa shape index (κ3) is 2.09. The number of hydrogen-bond acceptors (Lipinski definition) is 7. The van der Waals surface area contributed by atoms with Gasteiger partial charge in [-0.05, 0) is 27.7 Å². The lowest BCUT2D eigenvalue weighted by Gasteiger charge is -2.55. The van der Waals surface area contributed by atoms with Crippen molar-refractivity contribution in [2.24, 2.45) is 5.16 Å². The lowest BCUT2D eigenvalue weighted by Crippen LogP contribution is -2.81. The predicted octanol–water partition coefficient (Wildman–Crippen LogP) is 0.0441. The fourth-order valence-electron chi connectivity index (χ4n) is 3.19. The SMILES string of the molecule is CC(C)(C)OC(=O)[C@H]1N2C(=O)[C@H](Cl)[C@H]2S(=O)(=O)C2C=NOC21C. The largest absolute Gasteiger partial charge is 0.458 e. The Hall–Kier alpha value is -1.35. The number of fused-ring (bicyclic) bond motifs is 2. The Balaban J connectivity index is 2.07. The number of β-lactam (4-membered cyclic amide) rings is 1. The number of oxime groups is 1. The number of nitrogens with zero attached hydrogens (tertiary/aromatic N) is 2. The maximum atomic E-state index is 12.7. The second kappa shape index (κ2) is 4.60. The Kier molecular flexibility index (Phi) is 3.30. The third-order valence-electron chi connectivity index (χ3n) is 4.17. The summed E-state index contributed by atoms with van der Waals surface area (Å²) in [5, 5.41) is -0.0821. The van der Waals surface area contributed by atoms with E-state index >= 15 is 0 Å². The van der Waals surface area contributed by atoms with Gasteiger partial charge in [0.25, 0.3) is 0 Å². The maximum absolute atomic E-state index is 12.7. The molecular weight excluding hydrogens is 348 g/mol. The molecule has 0 aliphatic carbocycles. The molecule has 10 heteroatoms. The average Bonchev–Trinajstić information content (AvgIpc) is 2.78. The molecule has 128 valence electrons. The number of hydrogen-bond donors (Lipinski definition) is 0. The molecule has 2 saturated heterocycles. The van der Waals surface area contributed by atoms with Crippen molar-refractivity contribution in [3.05, 3.63) is 0 Å². The fraction of sp³-hybridized carbons (Fsp3) is 0.769. The predicted molar refractivity (Wildman–Crippen MR) is 80.6 cm³/mol. The summed E-state index contributed by atoms with van der Waals surface area (Å²) in [5.41, 5.74) is -2.34. The van der Waals surface area contributed by atoms with E-state index in [-0.39, 0.29) is 0 Å². The zero-order valence-corrected chi connectivity index (χ0v) is 14.6. The minimum Gasteiger partial charge on any atom is -0.458 e. The van der Waals surface area contributed by atoms with Crippen LogP contribution in [0.3, 0.4) is 0 Å². The Morgan fingerprint density at radius 2 is 2.09 bits per heavy atom. The van der Waals surface area contributed by atoms with Gasteiger partial charge >= 0.3 is 5.97 Å². The van der Waals surface area contributed by atoms with Gasteiger partial charge in [-0.3, -0.25) is 4.79 Å². The van der Waals surface area contributed by atoms with Gasteiger partial charge in [-0.1, -0.05) is 5.16 Å². The van der Waals surface area contributed by atoms with Gasteiger partial charge in [0.1, 0.15) is 16.2 Å². The summed E-state index contributed by atoms with van der Waals surface area (Å²) in [5.74, 6) is -1.38. The van der Waals surface area contributed by atoms with Gasteiger partial charge < -0.3 is 14.5 Å². The molecule has 0 spiro atoms. The van der Waals surface area contributed by atoms with E-state index in [0.717, 1.165) is 11.1 Å². The molecule has 0 radical (unpaired) electrons. The minimum atomic E-state index is -3.86. The van der Waals surface area contributed by atoms with E-state index in [4.69, 9.17) is 21.2 Å². The highest BCUT2D eigenvalue weighted by molar-refractivity contribution is 7.93. The van der Waals surface area contributed by atoms with E-state index in [9.17, 15) is 18.0 Å². The van der Waals surface area contributed by atoms with Crippen molar-refractivity contribution in [3.8, 4) is 0 Å². The van der Waals surface area contributed by atoms with Gasteiger partial charge in [0, 0.05) is 0 Å². The molecule has 8 nitrogen and oxygen atoms in total. The zero-order valence-electron chi connectivity index (χ0n) is 13.0. The van der Waals surface area contributed by atoms with Crippen LogP contribution < -0.4 is 0 Å². The standard InChI is InChI=1S/C13H17ClN2O6S/c1-12(2,3)21-11(18)8-13(4)6(5-15-22-13)23(19,20)10-7(14)9(17)16(8)10/h5-8,10H,1-4H3/t6?,7-,8+,10+,13?/m0/s1. The Labute approximate surface area is 138 Å². The van der Waals surface area contributed by atoms with E-state index in [1.807, 2.05) is 0 Å². The first-order chi connectivity index (χ1) is 10.4. The first-order valence-electron chi connectivity index (χ1n) is 7.05. The highest BCUT2D eigenvalue weighted by Crippen LogP contribution is 2.47. The fourth-order valence-corrected chi connectivity index (χ4v) is 6.19. The second-order valence-electron chi connectivity index (χ2n) is 7.01. The van der Waals surface area contributed by atoms with Crippen LogP contribution in [0.25, 0.3) is 0 Å². The smallest absolute Gasteiger partial charge is 0.333 e. The first-order valence-corrected chi connectivity index (χ1v) is 9.09. The topological polar surface area (TPSA) is 102 Å². The van der Waals surface area contributed by atoms with Crippen LogP contribution in [0.2, 0.25) is 0 Å². The van der Waals surface area contributed by atoms with Gasteiger partial charge in [-0.15, -0.1) is 11.6 Å². The Morgan fingerprint density at radius 1 is 1.48 bits per heavy atom. The number of rotatable bonds is 1. The zero-order chi connectivity index (χ0) is 17.4. The van der Waals surface area contributed by atoms with Crippen LogP contribution in [0.4, 0.5) is 0 Å². The molecule has 3 aliphatic heterocycles. The summed E-state index contributed by atoms with van der Waals surface area (Å²) < 4.78 is 30.7. The molecule has 0 aromatic rings. The minimum absolute atomic E-state index is 0.633. The average molecular weight is 365 g/mol. The van der Waals surface area contributed by atoms with Crippen molar-refractivity contribution in [1.29, 1.82) is 0 Å². The molecule has 0 N–H and O–H groups in total. The molecular formula is C13H17ClN2O6S. The van der Waals surface area contributed by atoms with Gasteiger partial charge in [0.05, 0.1) is 6.21 Å². The van der Waals surface area contributed by atoms with Crippen LogP contribution in [-0.4, -0.2) is 64.7 Å². The number of esters is 1. The highest BCUT2D eigenvalue weighted by atomic mass is 35.5. The molecule has 3 rings (SSSR count). The Bertz CT molecular complexity index is 714. The number of sulfone groups is 1. The molecule has 1 amide bonds. The van der Waals surface area contributed by atoms with Crippen LogP contribution in [0.1, 0.15) is 27.7 Å². The number of carbonyl (C=O) groups excluding carboxylic acids is 2. The summed E-state index contributed by atoms with van der Waals surface area (Å²) in [6.07, 6.45) is 1.14. The lowest BCUT2D eigenvalue weighted by atomic mass is 9.88. The van der Waals surface area contributed by atoms with Crippen molar-refractivity contribution >= 4 is 39.5 Å². The summed E-state index contributed by atoms with van der Waals surface area (Å²) in [6.45, 7) is 6.46. The monoisotopic (exact) mass is 364 g/mol. The van der Waals surface area contributed by atoms with E-state index in [1.54, 1.807) is 20.8 Å². The molecule has 3 aliphatic rings.